The molecule has 0 spiro atoms. The fraction of sp³-hybridized carbons (Fsp3) is 0.348. The van der Waals surface area contributed by atoms with Crippen LogP contribution >= 0.6 is 0 Å². The Balaban J connectivity index is 1.88. The molecule has 3 aromatic rings. The van der Waals surface area contributed by atoms with E-state index in [0.717, 1.165) is 6.07 Å². The van der Waals surface area contributed by atoms with E-state index in [-0.39, 0.29) is 45.8 Å². The van der Waals surface area contributed by atoms with Crippen LogP contribution in [0.15, 0.2) is 39.5 Å². The number of hydrogen-bond donors (Lipinski definition) is 7. The number of ether oxygens (including phenoxy) is 2. The monoisotopic (exact) mass is 476 g/mol. The van der Waals surface area contributed by atoms with Gasteiger partial charge in [-0.15, -0.1) is 0 Å². The summed E-state index contributed by atoms with van der Waals surface area (Å²) in [5.41, 5.74) is -0.236. The minimum absolute atomic E-state index is 0.00973. The van der Waals surface area contributed by atoms with Gasteiger partial charge in [0, 0.05) is 29.7 Å². The first kappa shape index (κ1) is 23.8. The van der Waals surface area contributed by atoms with Crippen molar-refractivity contribution in [2.24, 2.45) is 0 Å². The Hall–Kier alpha value is -3.35. The second-order valence-electron chi connectivity index (χ2n) is 8.03. The molecule has 11 nitrogen and oxygen atoms in total. The molecule has 2 heterocycles. The topological polar surface area (TPSA) is 190 Å². The van der Waals surface area contributed by atoms with E-state index in [2.05, 4.69) is 0 Å². The number of hydrogen-bond acceptors (Lipinski definition) is 11. The second kappa shape index (κ2) is 9.12. The number of methoxy groups -OCH3 is 1. The number of benzene rings is 2. The van der Waals surface area contributed by atoms with Crippen LogP contribution in [0.25, 0.3) is 22.3 Å². The SMILES string of the molecule is COc1cc(O)c2c(=O)cc(-c3ccc(O)c(O)c3)oc2c1C[C@@H]1O[C@H](CO)[C@@H](O)[C@H](O)[C@H]1O. The number of rotatable bonds is 5. The zero-order valence-electron chi connectivity index (χ0n) is 18.0. The summed E-state index contributed by atoms with van der Waals surface area (Å²) >= 11 is 0. The smallest absolute Gasteiger partial charge is 0.197 e. The molecule has 0 aliphatic carbocycles. The first-order valence-corrected chi connectivity index (χ1v) is 10.4. The van der Waals surface area contributed by atoms with Crippen LogP contribution in [0.2, 0.25) is 0 Å². The Morgan fingerprint density at radius 1 is 0.912 bits per heavy atom. The average Bonchev–Trinajstić information content (AvgIpc) is 2.81. The van der Waals surface area contributed by atoms with Crippen molar-refractivity contribution >= 4 is 11.0 Å². The lowest BCUT2D eigenvalue weighted by molar-refractivity contribution is -0.228. The summed E-state index contributed by atoms with van der Waals surface area (Å²) < 4.78 is 16.8. The minimum Gasteiger partial charge on any atom is -0.507 e. The third kappa shape index (κ3) is 4.04. The van der Waals surface area contributed by atoms with Crippen molar-refractivity contribution in [2.45, 2.75) is 36.9 Å². The van der Waals surface area contributed by atoms with Gasteiger partial charge in [0.1, 0.15) is 52.6 Å². The molecule has 0 amide bonds. The summed E-state index contributed by atoms with van der Waals surface area (Å²) in [6.07, 6.45) is -7.15. The van der Waals surface area contributed by atoms with Gasteiger partial charge in [0.2, 0.25) is 0 Å². The standard InChI is InChI=1S/C23H24O11/c1-32-16-7-14(28)19-13(27)6-15(9-2-3-11(25)12(26)4-9)34-23(19)10(16)5-17-20(29)22(31)21(30)18(8-24)33-17/h2-4,6-7,17-18,20-22,24-26,28-31H,5,8H2,1H3/t17-,18+,20-,21+,22+/m0/s1. The first-order valence-electron chi connectivity index (χ1n) is 10.4. The highest BCUT2D eigenvalue weighted by atomic mass is 16.5. The molecule has 1 aliphatic rings. The summed E-state index contributed by atoms with van der Waals surface area (Å²) in [7, 11) is 1.32. The molecule has 11 heteroatoms. The summed E-state index contributed by atoms with van der Waals surface area (Å²) in [6, 6.07) is 6.13. The van der Waals surface area contributed by atoms with Crippen LogP contribution < -0.4 is 10.2 Å². The van der Waals surface area contributed by atoms with Gasteiger partial charge in [-0.25, -0.2) is 0 Å². The van der Waals surface area contributed by atoms with Crippen molar-refractivity contribution in [3.05, 3.63) is 46.1 Å². The highest BCUT2D eigenvalue weighted by Gasteiger charge is 2.43. The van der Waals surface area contributed by atoms with Crippen LogP contribution in [-0.2, 0) is 11.2 Å². The predicted octanol–water partition coefficient (Wildman–Crippen LogP) is -0.0297. The summed E-state index contributed by atoms with van der Waals surface area (Å²) in [4.78, 5) is 12.9. The highest BCUT2D eigenvalue weighted by Crippen LogP contribution is 2.38. The molecule has 0 unspecified atom stereocenters. The molecule has 182 valence electrons. The number of fused-ring (bicyclic) bond motifs is 1. The van der Waals surface area contributed by atoms with Crippen LogP contribution in [0.1, 0.15) is 5.56 Å². The number of aromatic hydroxyl groups is 3. The van der Waals surface area contributed by atoms with Crippen molar-refractivity contribution in [2.75, 3.05) is 13.7 Å². The minimum atomic E-state index is -1.60. The molecule has 0 radical (unpaired) electrons. The second-order valence-corrected chi connectivity index (χ2v) is 8.03. The number of aliphatic hydroxyl groups is 4. The number of phenols is 3. The maximum Gasteiger partial charge on any atom is 0.197 e. The van der Waals surface area contributed by atoms with Crippen molar-refractivity contribution in [1.82, 2.24) is 0 Å². The molecular weight excluding hydrogens is 452 g/mol. The Morgan fingerprint density at radius 3 is 2.26 bits per heavy atom. The van der Waals surface area contributed by atoms with E-state index in [1.54, 1.807) is 0 Å². The fourth-order valence-electron chi connectivity index (χ4n) is 4.09. The van der Waals surface area contributed by atoms with Crippen LogP contribution in [0, 0.1) is 0 Å². The molecule has 1 aromatic heterocycles. The van der Waals surface area contributed by atoms with Crippen molar-refractivity contribution in [1.29, 1.82) is 0 Å². The normalized spacial score (nSPS) is 24.9. The lowest BCUT2D eigenvalue weighted by atomic mass is 9.90. The van der Waals surface area contributed by atoms with E-state index in [0.29, 0.717) is 0 Å². The van der Waals surface area contributed by atoms with Gasteiger partial charge in [-0.3, -0.25) is 4.79 Å². The van der Waals surface area contributed by atoms with E-state index in [4.69, 9.17) is 13.9 Å². The third-order valence-corrected chi connectivity index (χ3v) is 5.92. The van der Waals surface area contributed by atoms with Gasteiger partial charge < -0.3 is 49.6 Å². The zero-order valence-corrected chi connectivity index (χ0v) is 18.0. The quantitative estimate of drug-likeness (QED) is 0.245. The Bertz CT molecular complexity index is 1270. The van der Waals surface area contributed by atoms with E-state index >= 15 is 0 Å². The van der Waals surface area contributed by atoms with Gasteiger partial charge >= 0.3 is 0 Å². The molecule has 34 heavy (non-hydrogen) atoms. The Kier molecular flexibility index (Phi) is 6.39. The van der Waals surface area contributed by atoms with Gasteiger partial charge in [-0.2, -0.15) is 0 Å². The maximum atomic E-state index is 12.9. The first-order chi connectivity index (χ1) is 16.2. The van der Waals surface area contributed by atoms with Crippen molar-refractivity contribution < 1.29 is 49.6 Å². The number of aliphatic hydroxyl groups excluding tert-OH is 4. The van der Waals surface area contributed by atoms with E-state index in [1.807, 2.05) is 0 Å². The molecule has 5 atom stereocenters. The van der Waals surface area contributed by atoms with E-state index in [9.17, 15) is 40.5 Å². The predicted molar refractivity (Wildman–Crippen MR) is 117 cm³/mol. The summed E-state index contributed by atoms with van der Waals surface area (Å²) in [5.74, 6) is -1.12. The molecule has 2 aromatic carbocycles. The molecule has 0 bridgehead atoms. The van der Waals surface area contributed by atoms with Crippen LogP contribution in [0.5, 0.6) is 23.0 Å². The highest BCUT2D eigenvalue weighted by molar-refractivity contribution is 5.89. The van der Waals surface area contributed by atoms with Gasteiger partial charge in [-0.05, 0) is 18.2 Å². The van der Waals surface area contributed by atoms with E-state index in [1.165, 1.54) is 31.4 Å². The Labute approximate surface area is 192 Å². The van der Waals surface area contributed by atoms with Gasteiger partial charge in [-0.1, -0.05) is 0 Å². The van der Waals surface area contributed by atoms with Crippen molar-refractivity contribution in [3.63, 3.8) is 0 Å². The molecule has 0 saturated carbocycles. The lowest BCUT2D eigenvalue weighted by Crippen LogP contribution is -2.59. The fourth-order valence-corrected chi connectivity index (χ4v) is 4.09. The molecule has 7 N–H and O–H groups in total. The molecule has 1 aliphatic heterocycles. The van der Waals surface area contributed by atoms with E-state index < -0.39 is 54.1 Å². The summed E-state index contributed by atoms with van der Waals surface area (Å²) in [6.45, 7) is -0.613. The maximum absolute atomic E-state index is 12.9. The van der Waals surface area contributed by atoms with Crippen LogP contribution in [0.4, 0.5) is 0 Å². The van der Waals surface area contributed by atoms with Crippen molar-refractivity contribution in [3.8, 4) is 34.3 Å². The van der Waals surface area contributed by atoms with Gasteiger partial charge in [0.15, 0.2) is 16.9 Å². The average molecular weight is 476 g/mol. The molecular formula is C23H24O11. The Morgan fingerprint density at radius 2 is 1.62 bits per heavy atom. The lowest BCUT2D eigenvalue weighted by Gasteiger charge is -2.40. The number of phenolic OH excluding ortho intramolecular Hbond substituents is 3. The molecule has 1 fully saturated rings. The van der Waals surface area contributed by atoms with Gasteiger partial charge in [0.25, 0.3) is 0 Å². The zero-order chi connectivity index (χ0) is 24.7. The van der Waals surface area contributed by atoms with Gasteiger partial charge in [0.05, 0.1) is 19.8 Å². The third-order valence-electron chi connectivity index (χ3n) is 5.92. The van der Waals surface area contributed by atoms with Crippen LogP contribution in [-0.4, -0.2) is 80.0 Å². The van der Waals surface area contributed by atoms with Crippen LogP contribution in [0.3, 0.4) is 0 Å². The summed E-state index contributed by atoms with van der Waals surface area (Å²) in [5, 5.41) is 69.8. The molecule has 4 rings (SSSR count). The molecule has 1 saturated heterocycles. The largest absolute Gasteiger partial charge is 0.507 e.